The fourth-order valence-corrected chi connectivity index (χ4v) is 2.34. The highest BCUT2D eigenvalue weighted by molar-refractivity contribution is 5.82. The second-order valence-electron chi connectivity index (χ2n) is 4.75. The molecule has 3 nitrogen and oxygen atoms in total. The predicted octanol–water partition coefficient (Wildman–Crippen LogP) is 3.32. The molecule has 1 atom stereocenters. The summed E-state index contributed by atoms with van der Waals surface area (Å²) in [5.74, 6) is 2.08. The van der Waals surface area contributed by atoms with Crippen molar-refractivity contribution < 1.29 is 4.74 Å². The van der Waals surface area contributed by atoms with Crippen molar-refractivity contribution in [1.29, 1.82) is 0 Å². The number of para-hydroxylation sites is 1. The molecule has 1 heterocycles. The van der Waals surface area contributed by atoms with Gasteiger partial charge in [0.1, 0.15) is 5.75 Å². The maximum absolute atomic E-state index is 5.40. The van der Waals surface area contributed by atoms with Crippen LogP contribution in [0.5, 0.6) is 5.75 Å². The van der Waals surface area contributed by atoms with E-state index in [0.717, 1.165) is 24.6 Å². The highest BCUT2D eigenvalue weighted by Crippen LogP contribution is 2.24. The third-order valence-electron chi connectivity index (χ3n) is 3.36. The van der Waals surface area contributed by atoms with Crippen molar-refractivity contribution in [1.82, 2.24) is 5.32 Å². The molecule has 98 valence electrons. The number of ether oxygens (including phenoxy) is 1. The van der Waals surface area contributed by atoms with E-state index in [9.17, 15) is 0 Å². The number of hydrogen-bond donors (Lipinski definition) is 1. The van der Waals surface area contributed by atoms with Crippen LogP contribution in [0, 0.1) is 0 Å². The number of hydrogen-bond acceptors (Lipinski definition) is 3. The van der Waals surface area contributed by atoms with E-state index in [2.05, 4.69) is 23.3 Å². The van der Waals surface area contributed by atoms with Gasteiger partial charge < -0.3 is 10.1 Å². The molecular formula is C15H22N2O. The number of amidine groups is 1. The molecule has 18 heavy (non-hydrogen) atoms. The first-order valence-corrected chi connectivity index (χ1v) is 6.74. The van der Waals surface area contributed by atoms with Crippen molar-refractivity contribution in [3.63, 3.8) is 0 Å². The minimum Gasteiger partial charge on any atom is -0.496 e. The lowest BCUT2D eigenvalue weighted by molar-refractivity contribution is 0.405. The van der Waals surface area contributed by atoms with Crippen molar-refractivity contribution in [3.05, 3.63) is 29.8 Å². The molecule has 1 N–H and O–H groups in total. The summed E-state index contributed by atoms with van der Waals surface area (Å²) in [6, 6.07) is 8.39. The van der Waals surface area contributed by atoms with Gasteiger partial charge >= 0.3 is 0 Å². The van der Waals surface area contributed by atoms with Crippen LogP contribution in [0.4, 0.5) is 0 Å². The van der Waals surface area contributed by atoms with Crippen molar-refractivity contribution >= 4 is 5.84 Å². The standard InChI is InChI=1S/C15H22N2O/c1-12(13-8-5-6-9-14(13)18-2)17-15-10-4-3-7-11-16-15/h5-6,8-9,12H,3-4,7,10-11H2,1-2H3,(H,16,17)/t12-/m1/s1. The number of rotatable bonds is 3. The summed E-state index contributed by atoms with van der Waals surface area (Å²) in [6.07, 6.45) is 4.82. The van der Waals surface area contributed by atoms with Gasteiger partial charge in [0, 0.05) is 18.5 Å². The normalized spacial score (nSPS) is 17.6. The Morgan fingerprint density at radius 3 is 2.89 bits per heavy atom. The van der Waals surface area contributed by atoms with E-state index in [-0.39, 0.29) is 6.04 Å². The second kappa shape index (κ2) is 6.43. The Bertz CT molecular complexity index is 415. The van der Waals surface area contributed by atoms with Crippen LogP contribution >= 0.6 is 0 Å². The molecule has 0 amide bonds. The van der Waals surface area contributed by atoms with Crippen LogP contribution < -0.4 is 10.1 Å². The van der Waals surface area contributed by atoms with Gasteiger partial charge in [-0.15, -0.1) is 0 Å². The average molecular weight is 246 g/mol. The average Bonchev–Trinajstić information content (AvgIpc) is 2.67. The fraction of sp³-hybridized carbons (Fsp3) is 0.533. The summed E-state index contributed by atoms with van der Waals surface area (Å²) in [7, 11) is 1.72. The zero-order valence-electron chi connectivity index (χ0n) is 11.3. The quantitative estimate of drug-likeness (QED) is 0.887. The van der Waals surface area contributed by atoms with Crippen LogP contribution in [0.3, 0.4) is 0 Å². The first-order valence-electron chi connectivity index (χ1n) is 6.74. The van der Waals surface area contributed by atoms with Crippen LogP contribution in [0.1, 0.15) is 44.2 Å². The Morgan fingerprint density at radius 1 is 1.22 bits per heavy atom. The van der Waals surface area contributed by atoms with E-state index < -0.39 is 0 Å². The molecule has 0 radical (unpaired) electrons. The Morgan fingerprint density at radius 2 is 2.06 bits per heavy atom. The lowest BCUT2D eigenvalue weighted by atomic mass is 10.1. The van der Waals surface area contributed by atoms with E-state index in [4.69, 9.17) is 4.74 Å². The summed E-state index contributed by atoms with van der Waals surface area (Å²) in [6.45, 7) is 3.12. The third kappa shape index (κ3) is 3.25. The molecule has 0 saturated heterocycles. The van der Waals surface area contributed by atoms with Gasteiger partial charge in [0.05, 0.1) is 19.0 Å². The predicted molar refractivity (Wildman–Crippen MR) is 75.3 cm³/mol. The lowest BCUT2D eigenvalue weighted by Gasteiger charge is -2.19. The van der Waals surface area contributed by atoms with Gasteiger partial charge in [0.2, 0.25) is 0 Å². The molecule has 3 heteroatoms. The smallest absolute Gasteiger partial charge is 0.124 e. The minimum absolute atomic E-state index is 0.234. The minimum atomic E-state index is 0.234. The Hall–Kier alpha value is -1.51. The van der Waals surface area contributed by atoms with Gasteiger partial charge in [-0.3, -0.25) is 4.99 Å². The molecule has 1 aromatic rings. The number of nitrogens with zero attached hydrogens (tertiary/aromatic N) is 1. The molecule has 1 aliphatic rings. The van der Waals surface area contributed by atoms with Gasteiger partial charge in [-0.2, -0.15) is 0 Å². The lowest BCUT2D eigenvalue weighted by Crippen LogP contribution is -2.26. The number of aliphatic imine (C=N–C) groups is 1. The molecule has 1 aliphatic heterocycles. The number of benzene rings is 1. The monoisotopic (exact) mass is 246 g/mol. The van der Waals surface area contributed by atoms with E-state index in [1.807, 2.05) is 18.2 Å². The fourth-order valence-electron chi connectivity index (χ4n) is 2.34. The Kier molecular flexibility index (Phi) is 4.62. The Balaban J connectivity index is 2.06. The van der Waals surface area contributed by atoms with Crippen LogP contribution in [0.25, 0.3) is 0 Å². The summed E-state index contributed by atoms with van der Waals surface area (Å²) >= 11 is 0. The molecule has 1 aromatic carbocycles. The van der Waals surface area contributed by atoms with Crippen molar-refractivity contribution in [2.45, 2.75) is 38.6 Å². The van der Waals surface area contributed by atoms with Crippen molar-refractivity contribution in [3.8, 4) is 5.75 Å². The van der Waals surface area contributed by atoms with E-state index >= 15 is 0 Å². The molecule has 0 unspecified atom stereocenters. The third-order valence-corrected chi connectivity index (χ3v) is 3.36. The second-order valence-corrected chi connectivity index (χ2v) is 4.75. The summed E-state index contributed by atoms with van der Waals surface area (Å²) < 4.78 is 5.40. The highest BCUT2D eigenvalue weighted by atomic mass is 16.5. The SMILES string of the molecule is COc1ccccc1[C@@H](C)NC1=NCCCCC1. The largest absolute Gasteiger partial charge is 0.496 e. The molecule has 2 rings (SSSR count). The maximum atomic E-state index is 5.40. The highest BCUT2D eigenvalue weighted by Gasteiger charge is 2.13. The first kappa shape index (κ1) is 12.9. The van der Waals surface area contributed by atoms with E-state index in [1.54, 1.807) is 7.11 Å². The van der Waals surface area contributed by atoms with Gasteiger partial charge in [-0.1, -0.05) is 24.6 Å². The van der Waals surface area contributed by atoms with E-state index in [1.165, 1.54) is 24.8 Å². The maximum Gasteiger partial charge on any atom is 0.124 e. The van der Waals surface area contributed by atoms with Crippen LogP contribution in [0.2, 0.25) is 0 Å². The van der Waals surface area contributed by atoms with Crippen LogP contribution in [-0.4, -0.2) is 19.5 Å². The van der Waals surface area contributed by atoms with Gasteiger partial charge in [0.25, 0.3) is 0 Å². The molecule has 0 fully saturated rings. The summed E-state index contributed by atoms with van der Waals surface area (Å²) in [4.78, 5) is 4.61. The van der Waals surface area contributed by atoms with Crippen LogP contribution in [0.15, 0.2) is 29.3 Å². The molecule has 0 bridgehead atoms. The molecule has 0 aliphatic carbocycles. The van der Waals surface area contributed by atoms with Gasteiger partial charge in [-0.25, -0.2) is 0 Å². The summed E-state index contributed by atoms with van der Waals surface area (Å²) in [5.41, 5.74) is 1.19. The van der Waals surface area contributed by atoms with Crippen molar-refractivity contribution in [2.24, 2.45) is 4.99 Å². The number of nitrogens with one attached hydrogen (secondary N) is 1. The van der Waals surface area contributed by atoms with E-state index in [0.29, 0.717) is 0 Å². The zero-order chi connectivity index (χ0) is 12.8. The number of methoxy groups -OCH3 is 1. The Labute approximate surface area is 109 Å². The topological polar surface area (TPSA) is 33.6 Å². The zero-order valence-corrected chi connectivity index (χ0v) is 11.3. The molecule has 0 spiro atoms. The molecule has 0 aromatic heterocycles. The van der Waals surface area contributed by atoms with Gasteiger partial charge in [-0.05, 0) is 25.8 Å². The van der Waals surface area contributed by atoms with Crippen LogP contribution in [-0.2, 0) is 0 Å². The molecular weight excluding hydrogens is 224 g/mol. The van der Waals surface area contributed by atoms with Crippen molar-refractivity contribution in [2.75, 3.05) is 13.7 Å². The first-order chi connectivity index (χ1) is 8.81. The van der Waals surface area contributed by atoms with Gasteiger partial charge in [0.15, 0.2) is 0 Å². The molecule has 0 saturated carbocycles. The summed E-state index contributed by atoms with van der Waals surface area (Å²) in [5, 5.41) is 3.52.